The molecule has 1 aliphatic heterocycles. The fourth-order valence-corrected chi connectivity index (χ4v) is 5.20. The average molecular weight is 750 g/mol. The van der Waals surface area contributed by atoms with E-state index in [1.54, 1.807) is 60.7 Å². The Morgan fingerprint density at radius 3 is 1.82 bits per heavy atom. The van der Waals surface area contributed by atoms with Crippen LogP contribution < -0.4 is 22.1 Å². The number of rotatable bonds is 12. The zero-order valence-corrected chi connectivity index (χ0v) is 27.9. The van der Waals surface area contributed by atoms with Gasteiger partial charge in [-0.05, 0) is 41.7 Å². The lowest BCUT2D eigenvalue weighted by Gasteiger charge is -2.28. The van der Waals surface area contributed by atoms with E-state index in [0.29, 0.717) is 0 Å². The molecule has 45 heavy (non-hydrogen) atoms. The van der Waals surface area contributed by atoms with Gasteiger partial charge in [0.25, 0.3) is 0 Å². The van der Waals surface area contributed by atoms with Gasteiger partial charge < -0.3 is 37.2 Å². The zero-order valence-electron chi connectivity index (χ0n) is 24.5. The largest absolute Gasteiger partial charge is 0.508 e. The van der Waals surface area contributed by atoms with Gasteiger partial charge in [-0.2, -0.15) is 0 Å². The Morgan fingerprint density at radius 2 is 1.29 bits per heavy atom. The van der Waals surface area contributed by atoms with Crippen LogP contribution in [0.5, 0.6) is 5.75 Å². The molecule has 0 aliphatic carbocycles. The van der Waals surface area contributed by atoms with Gasteiger partial charge in [0.1, 0.15) is 23.9 Å². The van der Waals surface area contributed by atoms with Crippen LogP contribution in [0.25, 0.3) is 0 Å². The minimum Gasteiger partial charge on any atom is -0.508 e. The number of phenols is 1. The van der Waals surface area contributed by atoms with Crippen LogP contribution in [0.3, 0.4) is 0 Å². The van der Waals surface area contributed by atoms with Crippen molar-refractivity contribution in [2.75, 3.05) is 6.54 Å². The topological polar surface area (TPSA) is 188 Å². The van der Waals surface area contributed by atoms with E-state index in [1.807, 2.05) is 12.1 Å². The van der Waals surface area contributed by atoms with E-state index >= 15 is 0 Å². The molecule has 0 aromatic heterocycles. The summed E-state index contributed by atoms with van der Waals surface area (Å²) in [5.74, 6) is -2.81. The van der Waals surface area contributed by atoms with Crippen LogP contribution in [0.4, 0.5) is 0 Å². The number of nitrogens with two attached hydrogens (primary N) is 2. The number of halogens is 2. The smallest absolute Gasteiger partial charge is 0.326 e. The molecule has 3 aromatic rings. The molecule has 4 rings (SSSR count). The first-order chi connectivity index (χ1) is 20.6. The lowest BCUT2D eigenvalue weighted by molar-refractivity contribution is -0.143. The second kappa shape index (κ2) is 17.6. The van der Waals surface area contributed by atoms with Gasteiger partial charge in [-0.3, -0.25) is 14.4 Å². The first-order valence-corrected chi connectivity index (χ1v) is 14.1. The quantitative estimate of drug-likeness (QED) is 0.162. The molecule has 11 nitrogen and oxygen atoms in total. The molecule has 1 aliphatic rings. The summed E-state index contributed by atoms with van der Waals surface area (Å²) in [6, 6.07) is 19.5. The van der Waals surface area contributed by atoms with Gasteiger partial charge in [0.15, 0.2) is 0 Å². The van der Waals surface area contributed by atoms with Crippen molar-refractivity contribution >= 4 is 57.7 Å². The molecule has 1 heterocycles. The fraction of sp³-hybridized carbons (Fsp3) is 0.312. The van der Waals surface area contributed by atoms with Gasteiger partial charge in [-0.1, -0.05) is 72.8 Å². The third-order valence-electron chi connectivity index (χ3n) is 7.44. The minimum atomic E-state index is -1.22. The molecular weight excluding hydrogens is 710 g/mol. The summed E-state index contributed by atoms with van der Waals surface area (Å²) in [5, 5.41) is 24.7. The second-order valence-corrected chi connectivity index (χ2v) is 10.8. The number of hydrogen-bond donors (Lipinski definition) is 6. The molecule has 0 unspecified atom stereocenters. The van der Waals surface area contributed by atoms with Crippen molar-refractivity contribution in [3.05, 3.63) is 102 Å². The number of nitrogens with zero attached hydrogens (tertiary/aromatic N) is 1. The highest BCUT2D eigenvalue weighted by Crippen LogP contribution is 2.20. The molecule has 8 N–H and O–H groups in total. The van der Waals surface area contributed by atoms with Gasteiger partial charge >= 0.3 is 5.97 Å². The van der Waals surface area contributed by atoms with Crippen molar-refractivity contribution in [2.24, 2.45) is 11.5 Å². The molecule has 5 atom stereocenters. The number of hydrogen-bond acceptors (Lipinski definition) is 7. The summed E-state index contributed by atoms with van der Waals surface area (Å²) >= 11 is 0. The Labute approximate surface area is 282 Å². The van der Waals surface area contributed by atoms with Crippen LogP contribution in [0.1, 0.15) is 23.1 Å². The number of aliphatic carboxylic acids is 1. The lowest BCUT2D eigenvalue weighted by atomic mass is 10.0. The minimum absolute atomic E-state index is 0. The highest BCUT2D eigenvalue weighted by atomic mass is 79.9. The van der Waals surface area contributed by atoms with E-state index in [0.717, 1.165) is 16.7 Å². The van der Waals surface area contributed by atoms with Crippen molar-refractivity contribution in [3.8, 4) is 5.75 Å². The van der Waals surface area contributed by atoms with Crippen LogP contribution in [0, 0.1) is 0 Å². The molecule has 13 heteroatoms. The van der Waals surface area contributed by atoms with E-state index < -0.39 is 53.9 Å². The number of likely N-dealkylation sites (tertiary alicyclic amines) is 1. The number of phenolic OH excluding ortho intramolecular Hbond substituents is 1. The van der Waals surface area contributed by atoms with Crippen LogP contribution in [-0.4, -0.2) is 75.6 Å². The summed E-state index contributed by atoms with van der Waals surface area (Å²) in [6.45, 7) is 0.119. The van der Waals surface area contributed by atoms with Gasteiger partial charge in [0, 0.05) is 25.4 Å². The highest BCUT2D eigenvalue weighted by Gasteiger charge is 2.41. The third-order valence-corrected chi connectivity index (χ3v) is 7.44. The van der Waals surface area contributed by atoms with E-state index in [1.165, 1.54) is 17.0 Å². The number of nitrogens with one attached hydrogen (secondary N) is 2. The number of carbonyl (C=O) groups is 4. The fourth-order valence-electron chi connectivity index (χ4n) is 5.20. The number of carboxylic acids is 1. The SMILES string of the molecule is Br.Br.N[C@H]1C[C@@H](C(=O)N[C@H](Cc2ccccc2)C(=O)N[C@H](Cc2ccccc2)C(=O)O)N(C(=O)[C@@H](N)Cc2ccc(O)cc2)C1. The summed E-state index contributed by atoms with van der Waals surface area (Å²) in [5.41, 5.74) is 14.6. The maximum absolute atomic E-state index is 13.6. The maximum Gasteiger partial charge on any atom is 0.326 e. The van der Waals surface area contributed by atoms with Crippen molar-refractivity contribution in [3.63, 3.8) is 0 Å². The molecular formula is C32H39Br2N5O6. The predicted octanol–water partition coefficient (Wildman–Crippen LogP) is 1.89. The number of carbonyl (C=O) groups excluding carboxylic acids is 3. The lowest BCUT2D eigenvalue weighted by Crippen LogP contribution is -2.57. The number of carboxylic acid groups (broad SMARTS) is 1. The molecule has 0 radical (unpaired) electrons. The Morgan fingerprint density at radius 1 is 0.778 bits per heavy atom. The van der Waals surface area contributed by atoms with Crippen molar-refractivity contribution in [2.45, 2.75) is 55.9 Å². The van der Waals surface area contributed by atoms with Crippen molar-refractivity contribution in [1.82, 2.24) is 15.5 Å². The number of amides is 3. The second-order valence-electron chi connectivity index (χ2n) is 10.8. The summed E-state index contributed by atoms with van der Waals surface area (Å²) in [6.07, 6.45) is 0.529. The summed E-state index contributed by atoms with van der Waals surface area (Å²) in [4.78, 5) is 53.8. The monoisotopic (exact) mass is 747 g/mol. The van der Waals surface area contributed by atoms with Crippen LogP contribution in [0.2, 0.25) is 0 Å². The maximum atomic E-state index is 13.6. The molecule has 242 valence electrons. The van der Waals surface area contributed by atoms with E-state index in [-0.39, 0.29) is 71.9 Å². The Balaban J connectivity index is 0.00000353. The van der Waals surface area contributed by atoms with Crippen LogP contribution in [0.15, 0.2) is 84.9 Å². The Hall–Kier alpha value is -3.78. The number of benzene rings is 3. The van der Waals surface area contributed by atoms with E-state index in [2.05, 4.69) is 10.6 Å². The van der Waals surface area contributed by atoms with Gasteiger partial charge in [-0.15, -0.1) is 34.0 Å². The molecule has 0 saturated carbocycles. The molecule has 1 fully saturated rings. The summed E-state index contributed by atoms with van der Waals surface area (Å²) < 4.78 is 0. The summed E-state index contributed by atoms with van der Waals surface area (Å²) in [7, 11) is 0. The van der Waals surface area contributed by atoms with E-state index in [4.69, 9.17) is 11.5 Å². The zero-order chi connectivity index (χ0) is 30.9. The van der Waals surface area contributed by atoms with Crippen LogP contribution in [-0.2, 0) is 38.4 Å². The molecule has 0 bridgehead atoms. The number of aromatic hydroxyl groups is 1. The molecule has 1 saturated heterocycles. The molecule has 0 spiro atoms. The first-order valence-electron chi connectivity index (χ1n) is 14.1. The van der Waals surface area contributed by atoms with Gasteiger partial charge in [0.05, 0.1) is 6.04 Å². The van der Waals surface area contributed by atoms with Crippen LogP contribution >= 0.6 is 34.0 Å². The first kappa shape index (κ1) is 37.4. The third kappa shape index (κ3) is 10.7. The highest BCUT2D eigenvalue weighted by molar-refractivity contribution is 8.93. The normalized spacial score (nSPS) is 17.5. The standard InChI is InChI=1S/C32H37N5O6.2BrH/c33-23-18-28(37(19-23)31(41)25(34)15-22-11-13-24(38)14-12-22)30(40)35-26(16-20-7-3-1-4-8-20)29(39)36-27(32(42)43)17-21-9-5-2-6-10-21;;/h1-14,23,25-28,38H,15-19,33-34H2,(H,35,40)(H,36,39)(H,42,43);2*1H/t23-,25-,26+,27+,28-;;/m0../s1. The average Bonchev–Trinajstić information content (AvgIpc) is 3.39. The Kier molecular flexibility index (Phi) is 14.7. The molecule has 3 amide bonds. The molecule has 3 aromatic carbocycles. The predicted molar refractivity (Wildman–Crippen MR) is 180 cm³/mol. The Bertz CT molecular complexity index is 1410. The van der Waals surface area contributed by atoms with Crippen molar-refractivity contribution in [1.29, 1.82) is 0 Å². The van der Waals surface area contributed by atoms with Gasteiger partial charge in [0.2, 0.25) is 17.7 Å². The van der Waals surface area contributed by atoms with Gasteiger partial charge in [-0.25, -0.2) is 4.79 Å². The van der Waals surface area contributed by atoms with E-state index in [9.17, 15) is 29.4 Å². The van der Waals surface area contributed by atoms with Crippen molar-refractivity contribution < 1.29 is 29.4 Å².